The average Bonchev–Trinajstić information content (AvgIpc) is 2.83. The van der Waals surface area contributed by atoms with Gasteiger partial charge in [0.05, 0.1) is 11.6 Å². The van der Waals surface area contributed by atoms with Crippen LogP contribution < -0.4 is 15.1 Å². The summed E-state index contributed by atoms with van der Waals surface area (Å²) in [6, 6.07) is 12.5. The number of aromatic hydroxyl groups is 1. The smallest absolute Gasteiger partial charge is 0.242 e. The Morgan fingerprint density at radius 3 is 2.68 bits per heavy atom. The molecule has 0 spiro atoms. The standard InChI is InChI=1S/C27H26ClFN6O2/c1-33(2)16-13-34(14-16)27-31-25-20(26(32-27)35-8-7-30-12-22(35)37)11-21(28)23(24(25)29)19-10-17(36)9-15-5-3-4-6-18(15)19/h3-6,9-11,16,30,36H,7-8,12-14H2,1-2H3. The molecule has 2 fully saturated rings. The first-order valence-electron chi connectivity index (χ1n) is 12.2. The van der Waals surface area contributed by atoms with Crippen molar-refractivity contribution < 1.29 is 14.3 Å². The van der Waals surface area contributed by atoms with E-state index >= 15 is 4.39 Å². The first-order chi connectivity index (χ1) is 17.8. The molecular formula is C27H26ClFN6O2. The quantitative estimate of drug-likeness (QED) is 0.425. The van der Waals surface area contributed by atoms with Crippen LogP contribution in [-0.4, -0.2) is 78.7 Å². The molecule has 3 aromatic carbocycles. The van der Waals surface area contributed by atoms with Crippen molar-refractivity contribution in [2.24, 2.45) is 0 Å². The first-order valence-corrected chi connectivity index (χ1v) is 12.5. The molecule has 2 saturated heterocycles. The van der Waals surface area contributed by atoms with Gasteiger partial charge in [-0.25, -0.2) is 9.37 Å². The fourth-order valence-corrected chi connectivity index (χ4v) is 5.33. The number of aromatic nitrogens is 2. The largest absolute Gasteiger partial charge is 0.508 e. The topological polar surface area (TPSA) is 84.8 Å². The third kappa shape index (κ3) is 4.03. The number of hydrogen-bond donors (Lipinski definition) is 2. The number of piperazine rings is 1. The van der Waals surface area contributed by atoms with Crippen LogP contribution >= 0.6 is 11.6 Å². The highest BCUT2D eigenvalue weighted by molar-refractivity contribution is 6.35. The van der Waals surface area contributed by atoms with E-state index in [1.54, 1.807) is 17.0 Å². The predicted molar refractivity (Wildman–Crippen MR) is 144 cm³/mol. The molecule has 10 heteroatoms. The minimum absolute atomic E-state index is 0.00930. The van der Waals surface area contributed by atoms with E-state index in [0.29, 0.717) is 54.9 Å². The molecule has 0 saturated carbocycles. The van der Waals surface area contributed by atoms with Crippen LogP contribution in [0.25, 0.3) is 32.8 Å². The van der Waals surface area contributed by atoms with E-state index in [-0.39, 0.29) is 34.3 Å². The van der Waals surface area contributed by atoms with Gasteiger partial charge in [0.15, 0.2) is 5.82 Å². The molecule has 190 valence electrons. The molecule has 37 heavy (non-hydrogen) atoms. The van der Waals surface area contributed by atoms with Crippen LogP contribution in [-0.2, 0) is 4.79 Å². The van der Waals surface area contributed by atoms with Crippen LogP contribution in [0.1, 0.15) is 0 Å². The summed E-state index contributed by atoms with van der Waals surface area (Å²) in [5.74, 6) is -0.0233. The van der Waals surface area contributed by atoms with Crippen molar-refractivity contribution in [2.45, 2.75) is 6.04 Å². The fraction of sp³-hybridized carbons (Fsp3) is 0.296. The highest BCUT2D eigenvalue weighted by Gasteiger charge is 2.33. The van der Waals surface area contributed by atoms with Gasteiger partial charge in [0.1, 0.15) is 17.1 Å². The van der Waals surface area contributed by atoms with Crippen molar-refractivity contribution in [3.05, 3.63) is 53.3 Å². The lowest BCUT2D eigenvalue weighted by Gasteiger charge is -2.43. The maximum Gasteiger partial charge on any atom is 0.242 e. The van der Waals surface area contributed by atoms with Crippen molar-refractivity contribution >= 4 is 50.9 Å². The highest BCUT2D eigenvalue weighted by Crippen LogP contribution is 2.42. The van der Waals surface area contributed by atoms with Gasteiger partial charge in [0.2, 0.25) is 11.9 Å². The number of phenols is 1. The first kappa shape index (κ1) is 23.8. The minimum Gasteiger partial charge on any atom is -0.508 e. The van der Waals surface area contributed by atoms with E-state index in [1.165, 1.54) is 6.07 Å². The molecule has 2 aliphatic heterocycles. The summed E-state index contributed by atoms with van der Waals surface area (Å²) in [4.78, 5) is 27.9. The fourth-order valence-electron chi connectivity index (χ4n) is 5.04. The van der Waals surface area contributed by atoms with Gasteiger partial charge in [0, 0.05) is 43.2 Å². The zero-order chi connectivity index (χ0) is 25.8. The Kier molecular flexibility index (Phi) is 5.86. The van der Waals surface area contributed by atoms with Gasteiger partial charge in [-0.2, -0.15) is 4.98 Å². The molecule has 2 N–H and O–H groups in total. The number of amides is 1. The number of rotatable bonds is 4. The third-order valence-electron chi connectivity index (χ3n) is 7.19. The lowest BCUT2D eigenvalue weighted by molar-refractivity contribution is -0.118. The van der Waals surface area contributed by atoms with Crippen molar-refractivity contribution in [3.63, 3.8) is 0 Å². The molecule has 0 bridgehead atoms. The summed E-state index contributed by atoms with van der Waals surface area (Å²) in [6.07, 6.45) is 0. The number of hydrogen-bond acceptors (Lipinski definition) is 7. The molecular weight excluding hydrogens is 495 g/mol. The third-order valence-corrected chi connectivity index (χ3v) is 7.49. The SMILES string of the molecule is CN(C)C1CN(c2nc(N3CCNCC3=O)c3cc(Cl)c(-c4cc(O)cc5ccccc45)c(F)c3n2)C1. The summed E-state index contributed by atoms with van der Waals surface area (Å²) in [5, 5.41) is 15.5. The summed E-state index contributed by atoms with van der Waals surface area (Å²) < 4.78 is 16.5. The number of carbonyl (C=O) groups excluding carboxylic acids is 1. The zero-order valence-corrected chi connectivity index (χ0v) is 21.3. The molecule has 0 aliphatic carbocycles. The number of benzene rings is 3. The molecule has 8 nitrogen and oxygen atoms in total. The Hall–Kier alpha value is -3.53. The monoisotopic (exact) mass is 520 g/mol. The number of phenolic OH excluding ortho intramolecular Hbond substituents is 1. The number of nitrogens with one attached hydrogen (secondary N) is 1. The minimum atomic E-state index is -0.615. The maximum atomic E-state index is 16.5. The predicted octanol–water partition coefficient (Wildman–Crippen LogP) is 3.63. The lowest BCUT2D eigenvalue weighted by Crippen LogP contribution is -2.58. The number of fused-ring (bicyclic) bond motifs is 2. The molecule has 6 rings (SSSR count). The molecule has 1 aromatic heterocycles. The number of anilines is 2. The van der Waals surface area contributed by atoms with Crippen LogP contribution in [0, 0.1) is 5.82 Å². The summed E-state index contributed by atoms with van der Waals surface area (Å²) >= 11 is 6.73. The Morgan fingerprint density at radius 1 is 1.14 bits per heavy atom. The van der Waals surface area contributed by atoms with Gasteiger partial charge in [-0.15, -0.1) is 0 Å². The number of carbonyl (C=O) groups is 1. The second-order valence-corrected chi connectivity index (χ2v) is 10.2. The molecule has 0 radical (unpaired) electrons. The second-order valence-electron chi connectivity index (χ2n) is 9.75. The number of halogens is 2. The Labute approximate surface area is 218 Å². The van der Waals surface area contributed by atoms with Crippen molar-refractivity contribution in [1.29, 1.82) is 0 Å². The molecule has 0 atom stereocenters. The number of likely N-dealkylation sites (N-methyl/N-ethyl adjacent to an activating group) is 1. The van der Waals surface area contributed by atoms with Crippen LogP contribution in [0.2, 0.25) is 5.02 Å². The van der Waals surface area contributed by atoms with Crippen molar-refractivity contribution in [3.8, 4) is 16.9 Å². The van der Waals surface area contributed by atoms with Crippen molar-refractivity contribution in [2.75, 3.05) is 56.6 Å². The second kappa shape index (κ2) is 9.09. The normalized spacial score (nSPS) is 16.7. The van der Waals surface area contributed by atoms with E-state index < -0.39 is 5.82 Å². The van der Waals surface area contributed by atoms with E-state index in [2.05, 4.69) is 15.2 Å². The van der Waals surface area contributed by atoms with Crippen LogP contribution in [0.3, 0.4) is 0 Å². The van der Waals surface area contributed by atoms with E-state index in [4.69, 9.17) is 16.6 Å². The Balaban J connectivity index is 1.59. The number of nitrogens with zero attached hydrogens (tertiary/aromatic N) is 5. The summed E-state index contributed by atoms with van der Waals surface area (Å²) in [7, 11) is 4.03. The van der Waals surface area contributed by atoms with Gasteiger partial charge < -0.3 is 20.2 Å². The molecule has 3 heterocycles. The van der Waals surface area contributed by atoms with E-state index in [1.807, 2.05) is 43.3 Å². The Morgan fingerprint density at radius 2 is 1.92 bits per heavy atom. The Bertz CT molecular complexity index is 1560. The van der Waals surface area contributed by atoms with Crippen molar-refractivity contribution in [1.82, 2.24) is 20.2 Å². The molecule has 1 amide bonds. The van der Waals surface area contributed by atoms with Crippen LogP contribution in [0.15, 0.2) is 42.5 Å². The molecule has 0 unspecified atom stereocenters. The van der Waals surface area contributed by atoms with Gasteiger partial charge in [-0.3, -0.25) is 9.69 Å². The lowest BCUT2D eigenvalue weighted by atomic mass is 9.96. The van der Waals surface area contributed by atoms with Crippen LogP contribution in [0.5, 0.6) is 5.75 Å². The summed E-state index contributed by atoms with van der Waals surface area (Å²) in [5.41, 5.74) is 0.710. The molecule has 2 aliphatic rings. The average molecular weight is 521 g/mol. The van der Waals surface area contributed by atoms with Gasteiger partial charge in [-0.1, -0.05) is 35.9 Å². The van der Waals surface area contributed by atoms with Gasteiger partial charge in [-0.05, 0) is 48.6 Å². The summed E-state index contributed by atoms with van der Waals surface area (Å²) in [6.45, 7) is 2.59. The van der Waals surface area contributed by atoms with Gasteiger partial charge in [0.25, 0.3) is 0 Å². The van der Waals surface area contributed by atoms with Crippen LogP contribution in [0.4, 0.5) is 16.2 Å². The maximum absolute atomic E-state index is 16.5. The van der Waals surface area contributed by atoms with E-state index in [9.17, 15) is 9.90 Å². The highest BCUT2D eigenvalue weighted by atomic mass is 35.5. The van der Waals surface area contributed by atoms with E-state index in [0.717, 1.165) is 10.8 Å². The van der Waals surface area contributed by atoms with Gasteiger partial charge >= 0.3 is 0 Å². The zero-order valence-electron chi connectivity index (χ0n) is 20.5. The molecule has 4 aromatic rings.